The first-order valence-corrected chi connectivity index (χ1v) is 14.7. The first kappa shape index (κ1) is 28.9. The van der Waals surface area contributed by atoms with E-state index >= 15 is 0 Å². The molecule has 0 amide bonds. The molecule has 2 aliphatic heterocycles. The largest absolute Gasteiger partial charge is 0.472 e. The number of nitrogen functional groups attached to an aromatic ring is 2. The molecule has 2 aliphatic rings. The van der Waals surface area contributed by atoms with Gasteiger partial charge in [0.1, 0.15) is 41.6 Å². The van der Waals surface area contributed by atoms with Crippen molar-refractivity contribution in [3.05, 3.63) is 29.3 Å². The molecule has 10 N–H and O–H groups in total. The van der Waals surface area contributed by atoms with E-state index in [1.165, 1.54) is 28.1 Å². The maximum absolute atomic E-state index is 13.0. The fraction of sp³-hybridized carbons (Fsp3) is 0.500. The van der Waals surface area contributed by atoms with Gasteiger partial charge < -0.3 is 41.5 Å². The van der Waals surface area contributed by atoms with Crippen LogP contribution in [0.25, 0.3) is 22.3 Å². The highest BCUT2D eigenvalue weighted by Gasteiger charge is 2.50. The predicted octanol–water partition coefficient (Wildman–Crippen LogP) is -2.79. The maximum atomic E-state index is 13.0. The van der Waals surface area contributed by atoms with Crippen molar-refractivity contribution in [2.24, 2.45) is 0 Å². The van der Waals surface area contributed by atoms with Crippen molar-refractivity contribution in [3.8, 4) is 0 Å². The number of nitrogens with zero attached hydrogens (tertiary/aromatic N) is 7. The Balaban J connectivity index is 1.19. The molecular formula is C20H25N10O10PS. The van der Waals surface area contributed by atoms with E-state index < -0.39 is 74.0 Å². The van der Waals surface area contributed by atoms with Gasteiger partial charge in [-0.2, -0.15) is 4.98 Å². The molecule has 0 aliphatic carbocycles. The monoisotopic (exact) mass is 628 g/mol. The van der Waals surface area contributed by atoms with E-state index in [1.807, 2.05) is 0 Å². The number of phosphoric acid groups is 1. The minimum Gasteiger partial charge on any atom is -0.395 e. The summed E-state index contributed by atoms with van der Waals surface area (Å²) in [5.41, 5.74) is 11.2. The lowest BCUT2D eigenvalue weighted by Crippen LogP contribution is -2.36. The van der Waals surface area contributed by atoms with Crippen LogP contribution in [0.15, 0.2) is 23.8 Å². The number of hydrogen-bond acceptors (Lipinski definition) is 17. The number of phosphoric ester groups is 1. The van der Waals surface area contributed by atoms with Gasteiger partial charge in [0.05, 0.1) is 37.2 Å². The van der Waals surface area contributed by atoms with Gasteiger partial charge in [-0.05, 0) is 0 Å². The predicted molar refractivity (Wildman–Crippen MR) is 142 cm³/mol. The van der Waals surface area contributed by atoms with Gasteiger partial charge in [-0.15, -0.1) is 11.8 Å². The normalized spacial score (nSPS) is 31.3. The molecule has 42 heavy (non-hydrogen) atoms. The number of aliphatic hydroxyl groups excluding tert-OH is 4. The molecule has 0 aromatic carbocycles. The second kappa shape index (κ2) is 10.8. The highest BCUT2D eigenvalue weighted by Crippen LogP contribution is 2.53. The van der Waals surface area contributed by atoms with Gasteiger partial charge in [0, 0.05) is 0 Å². The number of aliphatic hydroxyl groups is 4. The van der Waals surface area contributed by atoms with Crippen LogP contribution in [0, 0.1) is 0 Å². The molecule has 0 bridgehead atoms. The van der Waals surface area contributed by atoms with Crippen molar-refractivity contribution >= 4 is 53.7 Å². The fourth-order valence-electron chi connectivity index (χ4n) is 4.84. The summed E-state index contributed by atoms with van der Waals surface area (Å²) >= 11 is 0.988. The lowest BCUT2D eigenvalue weighted by Gasteiger charge is -2.25. The van der Waals surface area contributed by atoms with Gasteiger partial charge in [0.2, 0.25) is 5.95 Å². The van der Waals surface area contributed by atoms with E-state index in [2.05, 4.69) is 29.9 Å². The number of nitrogens with two attached hydrogens (primary N) is 2. The summed E-state index contributed by atoms with van der Waals surface area (Å²) < 4.78 is 31.8. The second-order valence-electron chi connectivity index (χ2n) is 9.48. The van der Waals surface area contributed by atoms with Gasteiger partial charge in [0.15, 0.2) is 28.9 Å². The number of aromatic amines is 1. The van der Waals surface area contributed by atoms with Crippen LogP contribution in [0.2, 0.25) is 0 Å². The molecular weight excluding hydrogens is 603 g/mol. The van der Waals surface area contributed by atoms with Crippen LogP contribution in [0.3, 0.4) is 0 Å². The quantitative estimate of drug-likeness (QED) is 0.0914. The summed E-state index contributed by atoms with van der Waals surface area (Å²) in [5.74, 6) is -0.117. The summed E-state index contributed by atoms with van der Waals surface area (Å²) in [5, 5.41) is 39.9. The van der Waals surface area contributed by atoms with Crippen molar-refractivity contribution in [2.45, 2.75) is 47.4 Å². The number of aromatic nitrogens is 8. The Kier molecular flexibility index (Phi) is 7.42. The highest BCUT2D eigenvalue weighted by atomic mass is 32.2. The molecule has 4 aromatic rings. The summed E-state index contributed by atoms with van der Waals surface area (Å²) in [7, 11) is -4.99. The molecule has 6 heterocycles. The Labute approximate surface area is 237 Å². The summed E-state index contributed by atoms with van der Waals surface area (Å²) in [6.45, 7) is -1.22. The first-order chi connectivity index (χ1) is 20.0. The topological polar surface area (TPSA) is 305 Å². The molecule has 0 spiro atoms. The molecule has 4 aromatic heterocycles. The molecule has 6 rings (SSSR count). The van der Waals surface area contributed by atoms with Crippen molar-refractivity contribution in [1.29, 1.82) is 0 Å². The third-order valence-electron chi connectivity index (χ3n) is 6.87. The van der Waals surface area contributed by atoms with E-state index in [9.17, 15) is 34.7 Å². The third kappa shape index (κ3) is 4.92. The van der Waals surface area contributed by atoms with Crippen LogP contribution >= 0.6 is 19.6 Å². The van der Waals surface area contributed by atoms with Crippen molar-refractivity contribution in [2.75, 3.05) is 24.7 Å². The van der Waals surface area contributed by atoms with Crippen molar-refractivity contribution in [1.82, 2.24) is 39.0 Å². The SMILES string of the molecule is Nc1nc2c(ncn2[C@@H]2S[C@H](CO)[C@H](O)[C@@H]2OP(=O)(O)OC[C@H]2O[C@@H](n3cnc4c(N)ncnc43)[C@@H](O)[C@H]2O)c(=O)[nH]1. The van der Waals surface area contributed by atoms with Gasteiger partial charge in [0.25, 0.3) is 5.56 Å². The van der Waals surface area contributed by atoms with Crippen LogP contribution < -0.4 is 17.0 Å². The van der Waals surface area contributed by atoms with Crippen LogP contribution in [0.4, 0.5) is 11.8 Å². The number of nitrogens with one attached hydrogen (secondary N) is 1. The summed E-state index contributed by atoms with van der Waals surface area (Å²) in [6, 6.07) is 0. The van der Waals surface area contributed by atoms with Gasteiger partial charge in [-0.25, -0.2) is 24.5 Å². The van der Waals surface area contributed by atoms with Gasteiger partial charge >= 0.3 is 7.82 Å². The van der Waals surface area contributed by atoms with Crippen LogP contribution in [0.5, 0.6) is 0 Å². The molecule has 0 saturated carbocycles. The van der Waals surface area contributed by atoms with Gasteiger partial charge in [-0.1, -0.05) is 0 Å². The van der Waals surface area contributed by atoms with Crippen LogP contribution in [-0.4, -0.2) is 113 Å². The molecule has 0 radical (unpaired) electrons. The standard InChI is InChI=1S/C20H25N10O10PS/c21-14-8-15(24-3-23-14)29(4-25-8)18-12(34)10(32)6(39-18)2-38-41(36,37)40-13-11(33)7(1-31)42-19(13)30-5-26-9-16(30)27-20(22)28-17(9)35/h3-7,10-13,18-19,31-34H,1-2H2,(H,36,37)(H2,21,23,24)(H3,22,27,28,35)/t6-,7-,10+,11+,12+,13+,18-,19-/m1/s1. The van der Waals surface area contributed by atoms with E-state index in [0.29, 0.717) is 0 Å². The molecule has 20 nitrogen and oxygen atoms in total. The number of anilines is 2. The maximum Gasteiger partial charge on any atom is 0.472 e. The number of thioether (sulfide) groups is 1. The Hall–Kier alpha value is -3.24. The van der Waals surface area contributed by atoms with Crippen molar-refractivity contribution < 1.29 is 43.7 Å². The van der Waals surface area contributed by atoms with E-state index in [1.54, 1.807) is 0 Å². The Morgan fingerprint density at radius 1 is 1.05 bits per heavy atom. The molecule has 2 fully saturated rings. The minimum absolute atomic E-state index is 0.0170. The number of ether oxygens (including phenoxy) is 1. The zero-order valence-corrected chi connectivity index (χ0v) is 22.9. The summed E-state index contributed by atoms with van der Waals surface area (Å²) in [4.78, 5) is 45.1. The number of fused-ring (bicyclic) bond motifs is 2. The lowest BCUT2D eigenvalue weighted by atomic mass is 10.1. The van der Waals surface area contributed by atoms with Gasteiger partial charge in [-0.3, -0.25) is 28.0 Å². The lowest BCUT2D eigenvalue weighted by molar-refractivity contribution is -0.0559. The average Bonchev–Trinajstić information content (AvgIpc) is 3.69. The van der Waals surface area contributed by atoms with E-state index in [0.717, 1.165) is 11.8 Å². The first-order valence-electron chi connectivity index (χ1n) is 12.3. The zero-order valence-electron chi connectivity index (χ0n) is 21.2. The Morgan fingerprint density at radius 2 is 1.79 bits per heavy atom. The third-order valence-corrected chi connectivity index (χ3v) is 9.41. The number of imidazole rings is 2. The molecule has 226 valence electrons. The second-order valence-corrected chi connectivity index (χ2v) is 12.2. The molecule has 1 unspecified atom stereocenters. The zero-order chi connectivity index (χ0) is 29.9. The number of hydrogen-bond donors (Lipinski definition) is 8. The summed E-state index contributed by atoms with van der Waals surface area (Å²) in [6.07, 6.45) is -4.80. The fourth-order valence-corrected chi connectivity index (χ4v) is 7.28. The molecule has 9 atom stereocenters. The van der Waals surface area contributed by atoms with Crippen LogP contribution in [-0.2, 0) is 18.3 Å². The van der Waals surface area contributed by atoms with Crippen molar-refractivity contribution in [3.63, 3.8) is 0 Å². The Bertz CT molecular complexity index is 1730. The number of rotatable bonds is 8. The average molecular weight is 629 g/mol. The van der Waals surface area contributed by atoms with E-state index in [4.69, 9.17) is 25.3 Å². The minimum atomic E-state index is -4.99. The number of H-pyrrole nitrogens is 1. The molecule has 22 heteroatoms. The Morgan fingerprint density at radius 3 is 2.55 bits per heavy atom. The smallest absolute Gasteiger partial charge is 0.395 e. The highest BCUT2D eigenvalue weighted by molar-refractivity contribution is 8.00. The molecule has 2 saturated heterocycles. The van der Waals surface area contributed by atoms with E-state index in [-0.39, 0.29) is 34.1 Å². The van der Waals surface area contributed by atoms with Crippen LogP contribution in [0.1, 0.15) is 11.6 Å².